The summed E-state index contributed by atoms with van der Waals surface area (Å²) in [6.07, 6.45) is 24.3. The van der Waals surface area contributed by atoms with Crippen LogP contribution in [0.5, 0.6) is 0 Å². The van der Waals surface area contributed by atoms with E-state index in [0.29, 0.717) is 18.4 Å². The zero-order valence-corrected chi connectivity index (χ0v) is 30.5. The minimum absolute atomic E-state index is 0.0853. The zero-order chi connectivity index (χ0) is 35.3. The topological polar surface area (TPSA) is 163 Å². The summed E-state index contributed by atoms with van der Waals surface area (Å²) in [6.45, 7) is 3.91. The van der Waals surface area contributed by atoms with Crippen LogP contribution in [0.25, 0.3) is 11.2 Å². The van der Waals surface area contributed by atoms with E-state index in [1.807, 2.05) is 0 Å². The summed E-state index contributed by atoms with van der Waals surface area (Å²) >= 11 is 0. The van der Waals surface area contributed by atoms with Crippen LogP contribution < -0.4 is 5.73 Å². The van der Waals surface area contributed by atoms with E-state index in [2.05, 4.69) is 28.8 Å². The molecule has 1 saturated heterocycles. The molecule has 1 aliphatic heterocycles. The van der Waals surface area contributed by atoms with Crippen molar-refractivity contribution in [2.75, 3.05) is 12.3 Å². The third-order valence-corrected chi connectivity index (χ3v) is 9.97. The first-order chi connectivity index (χ1) is 23.9. The number of imidazole rings is 1. The molecular weight excluding hydrogens is 622 g/mol. The monoisotopic (exact) mass is 687 g/mol. The molecule has 1 fully saturated rings. The SMILES string of the molecule is CCCCCCCCCCCCCC(=O)O[C@@H]1[C@@H](CO)O[C@@H](n2cnc3c(N)ncnc32)[C@@]1(O)C(=O)CCCCCCCCCCCCC. The summed E-state index contributed by atoms with van der Waals surface area (Å²) in [5.74, 6) is -0.876. The number of carbonyl (C=O) groups is 2. The lowest BCUT2D eigenvalue weighted by Crippen LogP contribution is -2.55. The number of aromatic nitrogens is 4. The van der Waals surface area contributed by atoms with Crippen molar-refractivity contribution < 1.29 is 29.3 Å². The molecule has 0 saturated carbocycles. The second kappa shape index (κ2) is 23.0. The number of anilines is 1. The van der Waals surface area contributed by atoms with Crippen molar-refractivity contribution in [1.82, 2.24) is 19.5 Å². The van der Waals surface area contributed by atoms with Crippen molar-refractivity contribution >= 4 is 28.7 Å². The molecule has 3 rings (SSSR count). The number of Topliss-reactive ketones (excluding diaryl/α,β-unsaturated/α-hetero) is 1. The van der Waals surface area contributed by atoms with Crippen LogP contribution in [0.3, 0.4) is 0 Å². The number of hydrogen-bond donors (Lipinski definition) is 3. The molecule has 0 aromatic carbocycles. The average Bonchev–Trinajstić information content (AvgIpc) is 3.65. The molecule has 11 nitrogen and oxygen atoms in total. The molecule has 11 heteroatoms. The second-order valence-corrected chi connectivity index (χ2v) is 14.0. The fourth-order valence-corrected chi connectivity index (χ4v) is 6.97. The molecule has 0 amide bonds. The highest BCUT2D eigenvalue weighted by Crippen LogP contribution is 2.43. The largest absolute Gasteiger partial charge is 0.456 e. The fourth-order valence-electron chi connectivity index (χ4n) is 6.97. The number of ketones is 1. The first kappa shape index (κ1) is 40.8. The Bertz CT molecular complexity index is 1220. The van der Waals surface area contributed by atoms with E-state index in [-0.39, 0.29) is 24.3 Å². The van der Waals surface area contributed by atoms with Gasteiger partial charge in [-0.15, -0.1) is 0 Å². The van der Waals surface area contributed by atoms with Gasteiger partial charge in [-0.1, -0.05) is 142 Å². The van der Waals surface area contributed by atoms with Gasteiger partial charge in [0.2, 0.25) is 5.60 Å². The van der Waals surface area contributed by atoms with Crippen molar-refractivity contribution in [2.45, 2.75) is 192 Å². The number of aliphatic hydroxyl groups is 2. The molecule has 49 heavy (non-hydrogen) atoms. The van der Waals surface area contributed by atoms with E-state index in [0.717, 1.165) is 38.5 Å². The van der Waals surface area contributed by atoms with Crippen LogP contribution in [-0.2, 0) is 19.1 Å². The molecule has 3 heterocycles. The lowest BCUT2D eigenvalue weighted by atomic mass is 9.86. The predicted octanol–water partition coefficient (Wildman–Crippen LogP) is 7.91. The van der Waals surface area contributed by atoms with Crippen LogP contribution >= 0.6 is 0 Å². The fraction of sp³-hybridized carbons (Fsp3) is 0.816. The number of aliphatic hydroxyl groups excluding tert-OH is 1. The van der Waals surface area contributed by atoms with E-state index in [4.69, 9.17) is 15.2 Å². The van der Waals surface area contributed by atoms with Gasteiger partial charge in [0.1, 0.15) is 17.9 Å². The highest BCUT2D eigenvalue weighted by atomic mass is 16.6. The summed E-state index contributed by atoms with van der Waals surface area (Å²) < 4.78 is 13.3. The predicted molar refractivity (Wildman–Crippen MR) is 193 cm³/mol. The maximum Gasteiger partial charge on any atom is 0.306 e. The number of rotatable bonds is 28. The summed E-state index contributed by atoms with van der Waals surface area (Å²) in [7, 11) is 0. The number of hydrogen-bond acceptors (Lipinski definition) is 10. The standard InChI is InChI=1S/C38H65N5O6/c1-3-5-7-9-11-13-15-17-19-21-23-25-31(45)38(47)34(49-32(46)26-24-22-20-18-16-14-12-10-8-6-4-2)30(27-44)48-37(38)43-29-42-33-35(39)40-28-41-36(33)43/h28-30,34,37,44,47H,3-27H2,1-2H3,(H2,39,40,41)/t30-,34-,37-,38-/m1/s1. The summed E-state index contributed by atoms with van der Waals surface area (Å²) in [4.78, 5) is 39.6. The van der Waals surface area contributed by atoms with E-state index < -0.39 is 42.4 Å². The molecule has 0 unspecified atom stereocenters. The molecular formula is C38H65N5O6. The van der Waals surface area contributed by atoms with Gasteiger partial charge in [-0.2, -0.15) is 0 Å². The third kappa shape index (κ3) is 12.6. The Morgan fingerprint density at radius 1 is 0.776 bits per heavy atom. The number of ether oxygens (including phenoxy) is 2. The van der Waals surface area contributed by atoms with Gasteiger partial charge in [0, 0.05) is 12.8 Å². The Kier molecular flexibility index (Phi) is 19.1. The highest BCUT2D eigenvalue weighted by Gasteiger charge is 2.63. The molecule has 0 bridgehead atoms. The zero-order valence-electron chi connectivity index (χ0n) is 30.5. The van der Waals surface area contributed by atoms with Crippen molar-refractivity contribution in [3.63, 3.8) is 0 Å². The molecule has 4 N–H and O–H groups in total. The van der Waals surface area contributed by atoms with Crippen LogP contribution in [-0.4, -0.2) is 65.9 Å². The molecule has 2 aromatic heterocycles. The number of nitrogen functional groups attached to an aromatic ring is 1. The lowest BCUT2D eigenvalue weighted by molar-refractivity contribution is -0.173. The number of carbonyl (C=O) groups excluding carboxylic acids is 2. The van der Waals surface area contributed by atoms with Gasteiger partial charge in [-0.3, -0.25) is 14.2 Å². The quantitative estimate of drug-likeness (QED) is 0.0592. The van der Waals surface area contributed by atoms with Crippen LogP contribution in [0.4, 0.5) is 5.82 Å². The molecule has 2 aromatic rings. The Hall–Kier alpha value is -2.63. The lowest BCUT2D eigenvalue weighted by Gasteiger charge is -2.32. The minimum Gasteiger partial charge on any atom is -0.456 e. The maximum atomic E-state index is 14.0. The van der Waals surface area contributed by atoms with Crippen molar-refractivity contribution in [1.29, 1.82) is 0 Å². The molecule has 0 spiro atoms. The van der Waals surface area contributed by atoms with E-state index in [1.54, 1.807) is 0 Å². The van der Waals surface area contributed by atoms with Gasteiger partial charge in [0.05, 0.1) is 12.9 Å². The Balaban J connectivity index is 1.57. The number of nitrogens with two attached hydrogens (primary N) is 1. The Morgan fingerprint density at radius 2 is 1.27 bits per heavy atom. The summed E-state index contributed by atoms with van der Waals surface area (Å²) in [5, 5.41) is 22.5. The van der Waals surface area contributed by atoms with Crippen LogP contribution in [0, 0.1) is 0 Å². The van der Waals surface area contributed by atoms with Crippen LogP contribution in [0.1, 0.15) is 174 Å². The second-order valence-electron chi connectivity index (χ2n) is 14.0. The van der Waals surface area contributed by atoms with Gasteiger partial charge in [-0.05, 0) is 12.8 Å². The van der Waals surface area contributed by atoms with Crippen molar-refractivity contribution in [2.24, 2.45) is 0 Å². The first-order valence-electron chi connectivity index (χ1n) is 19.5. The molecule has 1 aliphatic rings. The highest BCUT2D eigenvalue weighted by molar-refractivity contribution is 5.90. The van der Waals surface area contributed by atoms with Crippen molar-refractivity contribution in [3.05, 3.63) is 12.7 Å². The normalized spacial score (nSPS) is 20.7. The van der Waals surface area contributed by atoms with Gasteiger partial charge >= 0.3 is 5.97 Å². The smallest absolute Gasteiger partial charge is 0.306 e. The number of nitrogens with zero attached hydrogens (tertiary/aromatic N) is 4. The van der Waals surface area contributed by atoms with Crippen molar-refractivity contribution in [3.8, 4) is 0 Å². The molecule has 0 radical (unpaired) electrons. The van der Waals surface area contributed by atoms with Gasteiger partial charge < -0.3 is 25.4 Å². The van der Waals surface area contributed by atoms with Crippen LogP contribution in [0.15, 0.2) is 12.7 Å². The van der Waals surface area contributed by atoms with E-state index >= 15 is 0 Å². The first-order valence-corrected chi connectivity index (χ1v) is 19.5. The Labute approximate surface area is 294 Å². The van der Waals surface area contributed by atoms with Gasteiger partial charge in [0.25, 0.3) is 0 Å². The average molecular weight is 688 g/mol. The van der Waals surface area contributed by atoms with Gasteiger partial charge in [0.15, 0.2) is 29.6 Å². The third-order valence-electron chi connectivity index (χ3n) is 9.97. The van der Waals surface area contributed by atoms with E-state index in [1.165, 1.54) is 107 Å². The molecule has 4 atom stereocenters. The molecule has 0 aliphatic carbocycles. The number of fused-ring (bicyclic) bond motifs is 1. The summed E-state index contributed by atoms with van der Waals surface area (Å²) in [6, 6.07) is 0. The molecule has 278 valence electrons. The number of esters is 1. The summed E-state index contributed by atoms with van der Waals surface area (Å²) in [5.41, 5.74) is 4.31. The minimum atomic E-state index is -2.26. The number of unbranched alkanes of at least 4 members (excludes halogenated alkanes) is 20. The van der Waals surface area contributed by atoms with Gasteiger partial charge in [-0.25, -0.2) is 15.0 Å². The van der Waals surface area contributed by atoms with E-state index in [9.17, 15) is 19.8 Å². The Morgan fingerprint density at radius 3 is 1.78 bits per heavy atom. The van der Waals surface area contributed by atoms with Crippen LogP contribution in [0.2, 0.25) is 0 Å². The maximum absolute atomic E-state index is 14.0.